The van der Waals surface area contributed by atoms with Crippen molar-refractivity contribution in [1.82, 2.24) is 14.9 Å². The predicted octanol–water partition coefficient (Wildman–Crippen LogP) is 2.81. The first kappa shape index (κ1) is 12.8. The average molecular weight is 266 g/mol. The Labute approximate surface area is 111 Å². The van der Waals surface area contributed by atoms with Crippen LogP contribution < -0.4 is 5.32 Å². The summed E-state index contributed by atoms with van der Waals surface area (Å²) >= 11 is 5.94. The standard InChI is InChI=1S/C13H16ClN3O/c1-2-5-17-9-11(14)6-12(17)13(18)16-8-10-3-4-15-7-10/h3-4,6-7,9,15H,2,5,8H2,1H3,(H,16,18). The molecule has 96 valence electrons. The molecule has 0 aliphatic carbocycles. The Hall–Kier alpha value is -1.68. The van der Waals surface area contributed by atoms with Crippen molar-refractivity contribution in [2.75, 3.05) is 0 Å². The van der Waals surface area contributed by atoms with Crippen LogP contribution in [0.4, 0.5) is 0 Å². The predicted molar refractivity (Wildman–Crippen MR) is 71.7 cm³/mol. The third-order valence-electron chi connectivity index (χ3n) is 2.68. The monoisotopic (exact) mass is 265 g/mol. The topological polar surface area (TPSA) is 49.8 Å². The molecular weight excluding hydrogens is 250 g/mol. The van der Waals surface area contributed by atoms with E-state index in [1.54, 1.807) is 12.3 Å². The van der Waals surface area contributed by atoms with Gasteiger partial charge in [-0.3, -0.25) is 4.79 Å². The van der Waals surface area contributed by atoms with Gasteiger partial charge >= 0.3 is 0 Å². The van der Waals surface area contributed by atoms with Crippen molar-refractivity contribution in [3.8, 4) is 0 Å². The maximum Gasteiger partial charge on any atom is 0.268 e. The lowest BCUT2D eigenvalue weighted by molar-refractivity contribution is 0.0941. The maximum absolute atomic E-state index is 12.0. The molecule has 0 aromatic carbocycles. The number of halogens is 1. The Balaban J connectivity index is 2.03. The highest BCUT2D eigenvalue weighted by Gasteiger charge is 2.12. The van der Waals surface area contributed by atoms with Gasteiger partial charge in [0, 0.05) is 31.7 Å². The lowest BCUT2D eigenvalue weighted by atomic mass is 10.3. The van der Waals surface area contributed by atoms with E-state index < -0.39 is 0 Å². The van der Waals surface area contributed by atoms with E-state index in [4.69, 9.17) is 11.6 Å². The van der Waals surface area contributed by atoms with Crippen molar-refractivity contribution >= 4 is 17.5 Å². The Bertz CT molecular complexity index is 516. The smallest absolute Gasteiger partial charge is 0.268 e. The van der Waals surface area contributed by atoms with Crippen molar-refractivity contribution in [2.24, 2.45) is 0 Å². The van der Waals surface area contributed by atoms with Crippen LogP contribution in [-0.2, 0) is 13.1 Å². The van der Waals surface area contributed by atoms with Crippen molar-refractivity contribution in [3.63, 3.8) is 0 Å². The molecule has 2 rings (SSSR count). The Morgan fingerprint density at radius 3 is 3.06 bits per heavy atom. The van der Waals surface area contributed by atoms with Gasteiger partial charge in [-0.15, -0.1) is 0 Å². The summed E-state index contributed by atoms with van der Waals surface area (Å²) in [5, 5.41) is 3.47. The van der Waals surface area contributed by atoms with E-state index in [1.807, 2.05) is 23.0 Å². The number of carbonyl (C=O) groups is 1. The molecule has 0 bridgehead atoms. The van der Waals surface area contributed by atoms with Crippen LogP contribution in [0.5, 0.6) is 0 Å². The molecule has 2 aromatic rings. The number of aromatic amines is 1. The minimum Gasteiger partial charge on any atom is -0.367 e. The lowest BCUT2D eigenvalue weighted by Gasteiger charge is -2.07. The molecule has 2 heterocycles. The van der Waals surface area contributed by atoms with Crippen LogP contribution >= 0.6 is 11.6 Å². The first-order valence-electron chi connectivity index (χ1n) is 5.96. The summed E-state index contributed by atoms with van der Waals surface area (Å²) in [4.78, 5) is 15.0. The first-order chi connectivity index (χ1) is 8.70. The highest BCUT2D eigenvalue weighted by atomic mass is 35.5. The van der Waals surface area contributed by atoms with Gasteiger partial charge in [-0.05, 0) is 24.1 Å². The summed E-state index contributed by atoms with van der Waals surface area (Å²) < 4.78 is 1.88. The van der Waals surface area contributed by atoms with Crippen LogP contribution in [0, 0.1) is 0 Å². The second kappa shape index (κ2) is 5.78. The minimum absolute atomic E-state index is 0.100. The van der Waals surface area contributed by atoms with E-state index >= 15 is 0 Å². The number of hydrogen-bond acceptors (Lipinski definition) is 1. The molecule has 0 spiro atoms. The number of nitrogens with zero attached hydrogens (tertiary/aromatic N) is 1. The molecule has 0 saturated heterocycles. The normalized spacial score (nSPS) is 10.6. The van der Waals surface area contributed by atoms with Gasteiger partial charge in [0.2, 0.25) is 0 Å². The van der Waals surface area contributed by atoms with Crippen LogP contribution in [0.25, 0.3) is 0 Å². The van der Waals surface area contributed by atoms with Crippen LogP contribution in [0.1, 0.15) is 29.4 Å². The van der Waals surface area contributed by atoms with Crippen molar-refractivity contribution in [1.29, 1.82) is 0 Å². The number of nitrogens with one attached hydrogen (secondary N) is 2. The number of carbonyl (C=O) groups excluding carboxylic acids is 1. The largest absolute Gasteiger partial charge is 0.367 e. The first-order valence-corrected chi connectivity index (χ1v) is 6.34. The molecule has 18 heavy (non-hydrogen) atoms. The number of rotatable bonds is 5. The van der Waals surface area contributed by atoms with Gasteiger partial charge in [-0.1, -0.05) is 18.5 Å². The second-order valence-electron chi connectivity index (χ2n) is 4.14. The van der Waals surface area contributed by atoms with E-state index in [1.165, 1.54) is 0 Å². The lowest BCUT2D eigenvalue weighted by Crippen LogP contribution is -2.25. The van der Waals surface area contributed by atoms with Crippen LogP contribution in [0.3, 0.4) is 0 Å². The van der Waals surface area contributed by atoms with Crippen molar-refractivity contribution in [2.45, 2.75) is 26.4 Å². The summed E-state index contributed by atoms with van der Waals surface area (Å²) in [5.74, 6) is -0.100. The Morgan fingerprint density at radius 1 is 1.56 bits per heavy atom. The summed E-state index contributed by atoms with van der Waals surface area (Å²) in [6, 6.07) is 3.63. The van der Waals surface area contributed by atoms with Gasteiger partial charge in [-0.25, -0.2) is 0 Å². The van der Waals surface area contributed by atoms with Gasteiger partial charge in [0.05, 0.1) is 5.02 Å². The third-order valence-corrected chi connectivity index (χ3v) is 2.88. The van der Waals surface area contributed by atoms with Crippen molar-refractivity contribution < 1.29 is 4.79 Å². The molecule has 2 aromatic heterocycles. The molecule has 5 heteroatoms. The van der Waals surface area contributed by atoms with Gasteiger partial charge in [0.1, 0.15) is 5.69 Å². The van der Waals surface area contributed by atoms with Gasteiger partial charge < -0.3 is 14.9 Å². The number of amides is 1. The van der Waals surface area contributed by atoms with Gasteiger partial charge in [-0.2, -0.15) is 0 Å². The summed E-state index contributed by atoms with van der Waals surface area (Å²) in [6.45, 7) is 3.37. The van der Waals surface area contributed by atoms with E-state index in [-0.39, 0.29) is 5.91 Å². The minimum atomic E-state index is -0.100. The fourth-order valence-corrected chi connectivity index (χ4v) is 2.05. The van der Waals surface area contributed by atoms with Crippen LogP contribution in [-0.4, -0.2) is 15.5 Å². The molecule has 0 unspecified atom stereocenters. The number of hydrogen-bond donors (Lipinski definition) is 2. The SMILES string of the molecule is CCCn1cc(Cl)cc1C(=O)NCc1cc[nH]c1. The molecule has 0 aliphatic heterocycles. The molecule has 0 saturated carbocycles. The van der Waals surface area contributed by atoms with Crippen LogP contribution in [0.2, 0.25) is 5.02 Å². The fourth-order valence-electron chi connectivity index (χ4n) is 1.83. The molecule has 0 atom stereocenters. The van der Waals surface area contributed by atoms with E-state index in [2.05, 4.69) is 17.2 Å². The average Bonchev–Trinajstić information content (AvgIpc) is 2.96. The third kappa shape index (κ3) is 2.96. The highest BCUT2D eigenvalue weighted by Crippen LogP contribution is 2.14. The molecule has 2 N–H and O–H groups in total. The molecule has 0 aliphatic rings. The number of aryl methyl sites for hydroxylation is 1. The van der Waals surface area contributed by atoms with E-state index in [0.717, 1.165) is 18.5 Å². The summed E-state index contributed by atoms with van der Waals surface area (Å²) in [6.07, 6.45) is 6.44. The molecule has 0 radical (unpaired) electrons. The van der Waals surface area contributed by atoms with E-state index in [0.29, 0.717) is 17.3 Å². The van der Waals surface area contributed by atoms with Gasteiger partial charge in [0.25, 0.3) is 5.91 Å². The van der Waals surface area contributed by atoms with Gasteiger partial charge in [0.15, 0.2) is 0 Å². The Morgan fingerprint density at radius 2 is 2.39 bits per heavy atom. The number of H-pyrrole nitrogens is 1. The maximum atomic E-state index is 12.0. The zero-order valence-electron chi connectivity index (χ0n) is 10.2. The zero-order valence-corrected chi connectivity index (χ0v) is 11.0. The second-order valence-corrected chi connectivity index (χ2v) is 4.58. The molecular formula is C13H16ClN3O. The highest BCUT2D eigenvalue weighted by molar-refractivity contribution is 6.31. The zero-order chi connectivity index (χ0) is 13.0. The quantitative estimate of drug-likeness (QED) is 0.858. The summed E-state index contributed by atoms with van der Waals surface area (Å²) in [7, 11) is 0. The summed E-state index contributed by atoms with van der Waals surface area (Å²) in [5.41, 5.74) is 1.65. The number of aromatic nitrogens is 2. The van der Waals surface area contributed by atoms with E-state index in [9.17, 15) is 4.79 Å². The van der Waals surface area contributed by atoms with Crippen molar-refractivity contribution in [3.05, 3.63) is 47.0 Å². The molecule has 4 nitrogen and oxygen atoms in total. The molecule has 0 fully saturated rings. The van der Waals surface area contributed by atoms with Crippen LogP contribution in [0.15, 0.2) is 30.7 Å². The fraction of sp³-hybridized carbons (Fsp3) is 0.308. The Kier molecular flexibility index (Phi) is 4.10. The molecule has 1 amide bonds.